The summed E-state index contributed by atoms with van der Waals surface area (Å²) in [5, 5.41) is 12.4. The molecular weight excluding hydrogens is 489 g/mol. The molecule has 0 bridgehead atoms. The van der Waals surface area contributed by atoms with Crippen molar-refractivity contribution in [3.8, 4) is 6.07 Å². The quantitative estimate of drug-likeness (QED) is 0.236. The summed E-state index contributed by atoms with van der Waals surface area (Å²) in [7, 11) is 0. The number of ketones is 1. The molecule has 0 atom stereocenters. The fourth-order valence-corrected chi connectivity index (χ4v) is 3.64. The largest absolute Gasteiger partial charge is 0.342 e. The number of carbonyl (C=O) groups is 2. The molecule has 4 aromatic rings. The van der Waals surface area contributed by atoms with E-state index in [-0.39, 0.29) is 0 Å². The second-order valence-electron chi connectivity index (χ2n) is 6.79. The highest BCUT2D eigenvalue weighted by atomic mass is 127. The Hall–Kier alpha value is -3.44. The van der Waals surface area contributed by atoms with E-state index in [1.807, 2.05) is 53.1 Å². The van der Waals surface area contributed by atoms with Gasteiger partial charge in [-0.2, -0.15) is 5.26 Å². The van der Waals surface area contributed by atoms with Gasteiger partial charge in [0.15, 0.2) is 0 Å². The number of nitrogens with one attached hydrogen (secondary N) is 1. The van der Waals surface area contributed by atoms with Crippen LogP contribution in [0.3, 0.4) is 0 Å². The lowest BCUT2D eigenvalue weighted by Crippen LogP contribution is -2.22. The standard InChI is InChI=1S/C24H16IN3O2/c25-18-9-11-19(12-10-18)27-24(30)23(29)21-15-28(22-4-2-1-3-20(21)22)14-17-7-5-16(13-26)6-8-17/h1-12,15H,14H2,(H,27,30). The Morgan fingerprint density at radius 3 is 2.37 bits per heavy atom. The van der Waals surface area contributed by atoms with Gasteiger partial charge in [-0.05, 0) is 70.6 Å². The van der Waals surface area contributed by atoms with E-state index in [9.17, 15) is 9.59 Å². The van der Waals surface area contributed by atoms with E-state index in [0.29, 0.717) is 23.4 Å². The van der Waals surface area contributed by atoms with E-state index in [2.05, 4.69) is 34.0 Å². The van der Waals surface area contributed by atoms with Crippen molar-refractivity contribution in [1.82, 2.24) is 4.57 Å². The summed E-state index contributed by atoms with van der Waals surface area (Å²) >= 11 is 2.18. The average molecular weight is 505 g/mol. The van der Waals surface area contributed by atoms with Crippen LogP contribution in [0.25, 0.3) is 10.9 Å². The van der Waals surface area contributed by atoms with E-state index in [1.54, 1.807) is 30.5 Å². The normalized spacial score (nSPS) is 10.5. The number of nitriles is 1. The Balaban J connectivity index is 1.63. The Morgan fingerprint density at radius 1 is 0.967 bits per heavy atom. The summed E-state index contributed by atoms with van der Waals surface area (Å²) in [4.78, 5) is 25.5. The van der Waals surface area contributed by atoms with Gasteiger partial charge in [0.1, 0.15) is 0 Å². The van der Waals surface area contributed by atoms with Crippen LogP contribution in [0.1, 0.15) is 21.5 Å². The number of hydrogen-bond acceptors (Lipinski definition) is 3. The number of anilines is 1. The molecule has 1 aromatic heterocycles. The first kappa shape index (κ1) is 19.9. The van der Waals surface area contributed by atoms with E-state index >= 15 is 0 Å². The van der Waals surface area contributed by atoms with Crippen LogP contribution in [0.5, 0.6) is 0 Å². The molecule has 0 aliphatic heterocycles. The van der Waals surface area contributed by atoms with E-state index in [1.165, 1.54) is 0 Å². The Morgan fingerprint density at radius 2 is 1.67 bits per heavy atom. The highest BCUT2D eigenvalue weighted by molar-refractivity contribution is 14.1. The lowest BCUT2D eigenvalue weighted by molar-refractivity contribution is -0.112. The van der Waals surface area contributed by atoms with Gasteiger partial charge in [0.2, 0.25) is 0 Å². The monoisotopic (exact) mass is 505 g/mol. The molecule has 3 aromatic carbocycles. The number of Topliss-reactive ketones (excluding diaryl/α,β-unsaturated/α-hetero) is 1. The van der Waals surface area contributed by atoms with Crippen LogP contribution in [0.15, 0.2) is 79.0 Å². The highest BCUT2D eigenvalue weighted by Gasteiger charge is 2.21. The summed E-state index contributed by atoms with van der Waals surface area (Å²) in [5.74, 6) is -1.25. The average Bonchev–Trinajstić information content (AvgIpc) is 3.14. The molecule has 4 rings (SSSR count). The zero-order valence-electron chi connectivity index (χ0n) is 15.8. The van der Waals surface area contributed by atoms with Gasteiger partial charge in [0, 0.05) is 32.9 Å². The fourth-order valence-electron chi connectivity index (χ4n) is 3.28. The van der Waals surface area contributed by atoms with Crippen LogP contribution in [0.4, 0.5) is 5.69 Å². The van der Waals surface area contributed by atoms with Gasteiger partial charge >= 0.3 is 0 Å². The lowest BCUT2D eigenvalue weighted by Gasteiger charge is -2.05. The smallest absolute Gasteiger partial charge is 0.296 e. The van der Waals surface area contributed by atoms with Crippen molar-refractivity contribution in [1.29, 1.82) is 5.26 Å². The second kappa shape index (κ2) is 8.51. The molecule has 0 spiro atoms. The third-order valence-electron chi connectivity index (χ3n) is 4.78. The van der Waals surface area contributed by atoms with Gasteiger partial charge in [-0.25, -0.2) is 0 Å². The number of halogens is 1. The first-order valence-electron chi connectivity index (χ1n) is 9.23. The fraction of sp³-hybridized carbons (Fsp3) is 0.0417. The molecule has 0 aliphatic rings. The van der Waals surface area contributed by atoms with Gasteiger partial charge in [0.05, 0.1) is 17.2 Å². The molecule has 1 amide bonds. The molecule has 1 heterocycles. The number of amides is 1. The van der Waals surface area contributed by atoms with Gasteiger partial charge in [0.25, 0.3) is 11.7 Å². The number of carbonyl (C=O) groups excluding carboxylic acids is 2. The molecule has 146 valence electrons. The van der Waals surface area contributed by atoms with Gasteiger partial charge in [-0.1, -0.05) is 30.3 Å². The maximum Gasteiger partial charge on any atom is 0.296 e. The van der Waals surface area contributed by atoms with Crippen LogP contribution in [-0.2, 0) is 11.3 Å². The number of benzene rings is 3. The predicted molar refractivity (Wildman–Crippen MR) is 124 cm³/mol. The molecule has 0 unspecified atom stereocenters. The van der Waals surface area contributed by atoms with E-state index in [4.69, 9.17) is 5.26 Å². The number of nitrogens with zero attached hydrogens (tertiary/aromatic N) is 2. The van der Waals surface area contributed by atoms with Crippen LogP contribution in [0, 0.1) is 14.9 Å². The molecule has 30 heavy (non-hydrogen) atoms. The Kier molecular flexibility index (Phi) is 5.63. The highest BCUT2D eigenvalue weighted by Crippen LogP contribution is 2.24. The number of para-hydroxylation sites is 1. The summed E-state index contributed by atoms with van der Waals surface area (Å²) in [6, 6.07) is 24.2. The SMILES string of the molecule is N#Cc1ccc(Cn2cc(C(=O)C(=O)Nc3ccc(I)cc3)c3ccccc32)cc1. The number of hydrogen-bond donors (Lipinski definition) is 1. The molecule has 0 fully saturated rings. The van der Waals surface area contributed by atoms with Crippen molar-refractivity contribution in [2.75, 3.05) is 5.32 Å². The third-order valence-corrected chi connectivity index (χ3v) is 5.50. The zero-order valence-corrected chi connectivity index (χ0v) is 18.0. The van der Waals surface area contributed by atoms with Crippen LogP contribution >= 0.6 is 22.6 Å². The topological polar surface area (TPSA) is 74.9 Å². The van der Waals surface area contributed by atoms with Crippen molar-refractivity contribution in [2.24, 2.45) is 0 Å². The third kappa shape index (κ3) is 4.11. The van der Waals surface area contributed by atoms with Gasteiger partial charge in [-0.3, -0.25) is 9.59 Å². The molecular formula is C24H16IN3O2. The molecule has 0 aliphatic carbocycles. The molecule has 0 radical (unpaired) electrons. The van der Waals surface area contributed by atoms with E-state index in [0.717, 1.165) is 20.0 Å². The Labute approximate surface area is 187 Å². The van der Waals surface area contributed by atoms with Crippen LogP contribution < -0.4 is 5.32 Å². The summed E-state index contributed by atoms with van der Waals surface area (Å²) in [5.41, 5.74) is 3.40. The van der Waals surface area contributed by atoms with Crippen LogP contribution in [0.2, 0.25) is 0 Å². The summed E-state index contributed by atoms with van der Waals surface area (Å²) < 4.78 is 2.99. The Bertz CT molecular complexity index is 1280. The minimum atomic E-state index is -0.669. The number of rotatable bonds is 5. The second-order valence-corrected chi connectivity index (χ2v) is 8.03. The van der Waals surface area contributed by atoms with Crippen molar-refractivity contribution >= 4 is 50.9 Å². The first-order valence-corrected chi connectivity index (χ1v) is 10.3. The van der Waals surface area contributed by atoms with E-state index < -0.39 is 11.7 Å². The summed E-state index contributed by atoms with van der Waals surface area (Å²) in [6.45, 7) is 0.526. The molecule has 5 nitrogen and oxygen atoms in total. The predicted octanol–water partition coefficient (Wildman–Crippen LogP) is 4.99. The minimum Gasteiger partial charge on any atom is -0.342 e. The molecule has 0 saturated heterocycles. The minimum absolute atomic E-state index is 0.363. The number of fused-ring (bicyclic) bond motifs is 1. The lowest BCUT2D eigenvalue weighted by atomic mass is 10.1. The molecule has 6 heteroatoms. The van der Waals surface area contributed by atoms with Gasteiger partial charge < -0.3 is 9.88 Å². The molecule has 1 N–H and O–H groups in total. The van der Waals surface area contributed by atoms with Gasteiger partial charge in [-0.15, -0.1) is 0 Å². The maximum absolute atomic E-state index is 12.9. The van der Waals surface area contributed by atoms with Crippen molar-refractivity contribution < 1.29 is 9.59 Å². The van der Waals surface area contributed by atoms with Crippen LogP contribution in [-0.4, -0.2) is 16.3 Å². The van der Waals surface area contributed by atoms with Crippen molar-refractivity contribution in [2.45, 2.75) is 6.54 Å². The summed E-state index contributed by atoms with van der Waals surface area (Å²) in [6.07, 6.45) is 1.72. The zero-order chi connectivity index (χ0) is 21.1. The maximum atomic E-state index is 12.9. The molecule has 0 saturated carbocycles. The van der Waals surface area contributed by atoms with Crippen molar-refractivity contribution in [3.05, 3.63) is 99.3 Å². The number of aromatic nitrogens is 1. The van der Waals surface area contributed by atoms with Crippen molar-refractivity contribution in [3.63, 3.8) is 0 Å². The first-order chi connectivity index (χ1) is 14.5.